The number of hydrogen-bond acceptors (Lipinski definition) is 5. The van der Waals surface area contributed by atoms with Crippen LogP contribution < -0.4 is 19.6 Å². The molecule has 0 fully saturated rings. The second-order valence-electron chi connectivity index (χ2n) is 8.26. The molecule has 0 aromatic heterocycles. The Kier molecular flexibility index (Phi) is 9.00. The molecule has 0 heterocycles. The summed E-state index contributed by atoms with van der Waals surface area (Å²) < 4.78 is 17.5. The van der Waals surface area contributed by atoms with Crippen molar-refractivity contribution < 1.29 is 19.0 Å². The van der Waals surface area contributed by atoms with E-state index < -0.39 is 0 Å². The molecule has 7 heteroatoms. The highest BCUT2D eigenvalue weighted by molar-refractivity contribution is 6.32. The molecule has 0 aliphatic heterocycles. The van der Waals surface area contributed by atoms with E-state index in [1.807, 2.05) is 38.1 Å². The summed E-state index contributed by atoms with van der Waals surface area (Å²) in [6.07, 6.45) is 2.43. The summed E-state index contributed by atoms with van der Waals surface area (Å²) in [4.78, 5) is 12.4. The highest BCUT2D eigenvalue weighted by atomic mass is 35.5. The molecule has 190 valence electrons. The lowest BCUT2D eigenvalue weighted by Crippen LogP contribution is -2.17. The lowest BCUT2D eigenvalue weighted by atomic mass is 10.1. The molecule has 0 saturated heterocycles. The van der Waals surface area contributed by atoms with Gasteiger partial charge in [0.1, 0.15) is 12.4 Å². The summed E-state index contributed by atoms with van der Waals surface area (Å²) in [5, 5.41) is 6.74. The topological polar surface area (TPSA) is 69.2 Å². The van der Waals surface area contributed by atoms with E-state index in [1.54, 1.807) is 36.4 Å². The number of amides is 1. The first-order chi connectivity index (χ1) is 18.1. The number of carbonyl (C=O) groups is 1. The molecule has 0 radical (unpaired) electrons. The molecule has 0 aliphatic rings. The quantitative estimate of drug-likeness (QED) is 0.172. The zero-order valence-corrected chi connectivity index (χ0v) is 21.6. The molecule has 0 aliphatic carbocycles. The van der Waals surface area contributed by atoms with E-state index >= 15 is 0 Å². The number of ether oxygens (including phenoxy) is 3. The fourth-order valence-corrected chi connectivity index (χ4v) is 4.06. The molecule has 0 spiro atoms. The fourth-order valence-electron chi connectivity index (χ4n) is 3.79. The summed E-state index contributed by atoms with van der Waals surface area (Å²) >= 11 is 6.58. The SMILES string of the molecule is CCCOc1ccc(C(=O)N/N=C/c2cc(Cl)c(OCc3cccc4ccccc34)c(OCC)c2)cc1. The lowest BCUT2D eigenvalue weighted by Gasteiger charge is -2.15. The molecule has 0 atom stereocenters. The van der Waals surface area contributed by atoms with Crippen molar-refractivity contribution >= 4 is 34.5 Å². The lowest BCUT2D eigenvalue weighted by molar-refractivity contribution is 0.0955. The zero-order chi connectivity index (χ0) is 26.0. The third kappa shape index (κ3) is 6.80. The molecule has 4 aromatic carbocycles. The fraction of sp³-hybridized carbons (Fsp3) is 0.200. The van der Waals surface area contributed by atoms with Gasteiger partial charge in [0.05, 0.1) is 24.5 Å². The number of hydrogen-bond donors (Lipinski definition) is 1. The Balaban J connectivity index is 1.44. The largest absolute Gasteiger partial charge is 0.494 e. The first kappa shape index (κ1) is 26.0. The second kappa shape index (κ2) is 12.8. The van der Waals surface area contributed by atoms with Crippen molar-refractivity contribution in [3.05, 3.63) is 101 Å². The molecule has 37 heavy (non-hydrogen) atoms. The van der Waals surface area contributed by atoms with Crippen molar-refractivity contribution in [1.82, 2.24) is 5.43 Å². The van der Waals surface area contributed by atoms with Gasteiger partial charge in [0.15, 0.2) is 11.5 Å². The van der Waals surface area contributed by atoms with Gasteiger partial charge in [-0.15, -0.1) is 0 Å². The van der Waals surface area contributed by atoms with Crippen molar-refractivity contribution in [2.75, 3.05) is 13.2 Å². The predicted octanol–water partition coefficient (Wildman–Crippen LogP) is 7.02. The van der Waals surface area contributed by atoms with E-state index in [0.29, 0.717) is 47.5 Å². The van der Waals surface area contributed by atoms with Crippen molar-refractivity contribution in [2.45, 2.75) is 26.9 Å². The van der Waals surface area contributed by atoms with Crippen LogP contribution in [0.15, 0.2) is 84.0 Å². The van der Waals surface area contributed by atoms with Crippen molar-refractivity contribution in [2.24, 2.45) is 5.10 Å². The first-order valence-electron chi connectivity index (χ1n) is 12.2. The van der Waals surface area contributed by atoms with Crippen LogP contribution in [0, 0.1) is 0 Å². The van der Waals surface area contributed by atoms with Crippen LogP contribution in [-0.2, 0) is 6.61 Å². The van der Waals surface area contributed by atoms with Crippen molar-refractivity contribution in [3.8, 4) is 17.2 Å². The Morgan fingerprint density at radius 3 is 2.51 bits per heavy atom. The van der Waals surface area contributed by atoms with Gasteiger partial charge in [-0.1, -0.05) is 61.0 Å². The van der Waals surface area contributed by atoms with Gasteiger partial charge in [-0.2, -0.15) is 5.10 Å². The maximum absolute atomic E-state index is 12.4. The molecule has 4 aromatic rings. The van der Waals surface area contributed by atoms with Crippen LogP contribution in [0.1, 0.15) is 41.8 Å². The summed E-state index contributed by atoms with van der Waals surface area (Å²) in [6, 6.07) is 24.7. The Hall–Kier alpha value is -4.03. The number of hydrazone groups is 1. The number of halogens is 1. The third-order valence-electron chi connectivity index (χ3n) is 5.55. The zero-order valence-electron chi connectivity index (χ0n) is 20.9. The van der Waals surface area contributed by atoms with E-state index in [-0.39, 0.29) is 5.91 Å². The highest BCUT2D eigenvalue weighted by Crippen LogP contribution is 2.37. The number of nitrogens with zero attached hydrogens (tertiary/aromatic N) is 1. The number of rotatable bonds is 11. The number of fused-ring (bicyclic) bond motifs is 1. The summed E-state index contributed by atoms with van der Waals surface area (Å²) in [5.74, 6) is 1.36. The first-order valence-corrected chi connectivity index (χ1v) is 12.6. The third-order valence-corrected chi connectivity index (χ3v) is 5.83. The predicted molar refractivity (Wildman–Crippen MR) is 148 cm³/mol. The van der Waals surface area contributed by atoms with E-state index in [2.05, 4.69) is 28.7 Å². The molecular weight excluding hydrogens is 488 g/mol. The summed E-state index contributed by atoms with van der Waals surface area (Å²) in [5.41, 5.74) is 4.72. The Morgan fingerprint density at radius 1 is 0.946 bits per heavy atom. The van der Waals surface area contributed by atoms with Crippen molar-refractivity contribution in [3.63, 3.8) is 0 Å². The van der Waals surface area contributed by atoms with Crippen LogP contribution >= 0.6 is 11.6 Å². The van der Waals surface area contributed by atoms with Gasteiger partial charge in [0.2, 0.25) is 0 Å². The van der Waals surface area contributed by atoms with Gasteiger partial charge in [-0.3, -0.25) is 4.79 Å². The number of carbonyl (C=O) groups excluding carboxylic acids is 1. The monoisotopic (exact) mass is 516 g/mol. The van der Waals surface area contributed by atoms with E-state index in [9.17, 15) is 4.79 Å². The van der Waals surface area contributed by atoms with Crippen LogP contribution in [0.2, 0.25) is 5.02 Å². The molecule has 0 bridgehead atoms. The average Bonchev–Trinajstić information content (AvgIpc) is 2.92. The number of benzene rings is 4. The molecule has 6 nitrogen and oxygen atoms in total. The molecule has 1 N–H and O–H groups in total. The van der Waals surface area contributed by atoms with Gasteiger partial charge < -0.3 is 14.2 Å². The van der Waals surface area contributed by atoms with Crippen molar-refractivity contribution in [1.29, 1.82) is 0 Å². The second-order valence-corrected chi connectivity index (χ2v) is 8.67. The minimum atomic E-state index is -0.329. The van der Waals surface area contributed by atoms with E-state index in [1.165, 1.54) is 6.21 Å². The Morgan fingerprint density at radius 2 is 1.73 bits per heavy atom. The minimum Gasteiger partial charge on any atom is -0.494 e. The van der Waals surface area contributed by atoms with Gasteiger partial charge in [0.25, 0.3) is 5.91 Å². The molecule has 0 saturated carbocycles. The average molecular weight is 517 g/mol. The minimum absolute atomic E-state index is 0.329. The molecule has 4 rings (SSSR count). The maximum Gasteiger partial charge on any atom is 0.271 e. The van der Waals surface area contributed by atoms with Gasteiger partial charge >= 0.3 is 0 Å². The smallest absolute Gasteiger partial charge is 0.271 e. The standard InChI is InChI=1S/C30H29ClN2O4/c1-3-16-36-25-14-12-23(13-15-25)30(34)33-32-19-21-17-27(31)29(28(18-21)35-4-2)37-20-24-10-7-9-22-8-5-6-11-26(22)24/h5-15,17-19H,3-4,16,20H2,1-2H3,(H,33,34)/b32-19+. The van der Waals surface area contributed by atoms with Crippen LogP contribution in [0.25, 0.3) is 10.8 Å². The van der Waals surface area contributed by atoms with Crippen LogP contribution in [0.4, 0.5) is 0 Å². The van der Waals surface area contributed by atoms with Crippen LogP contribution in [0.5, 0.6) is 17.2 Å². The Bertz CT molecular complexity index is 1380. The highest BCUT2D eigenvalue weighted by Gasteiger charge is 2.13. The molecular formula is C30H29ClN2O4. The Labute approximate surface area is 221 Å². The van der Waals surface area contributed by atoms with E-state index in [4.69, 9.17) is 25.8 Å². The number of nitrogens with one attached hydrogen (secondary N) is 1. The van der Waals surface area contributed by atoms with Crippen LogP contribution in [-0.4, -0.2) is 25.3 Å². The summed E-state index contributed by atoms with van der Waals surface area (Å²) in [6.45, 7) is 5.34. The molecule has 1 amide bonds. The molecule has 0 unspecified atom stereocenters. The van der Waals surface area contributed by atoms with Gasteiger partial charge in [-0.25, -0.2) is 5.43 Å². The van der Waals surface area contributed by atoms with Crippen LogP contribution in [0.3, 0.4) is 0 Å². The van der Waals surface area contributed by atoms with Gasteiger partial charge in [-0.05, 0) is 71.6 Å². The normalized spacial score (nSPS) is 11.0. The summed E-state index contributed by atoms with van der Waals surface area (Å²) in [7, 11) is 0. The maximum atomic E-state index is 12.4. The van der Waals surface area contributed by atoms with Gasteiger partial charge in [0, 0.05) is 5.56 Å². The van der Waals surface area contributed by atoms with E-state index in [0.717, 1.165) is 28.5 Å².